The van der Waals surface area contributed by atoms with Gasteiger partial charge in [-0.1, -0.05) is 11.2 Å². The standard InChI is InChI=1S/C23H25BN4O4/c1-4-31-19-8-6-16(14-20(19)30-3)22-25-21(26-32-22)18-7-5-17(13-15(18)2)23(29)27-9-11-28(24)12-10-27/h5-8,13-14H,4,9-12H2,1-3H3. The van der Waals surface area contributed by atoms with Gasteiger partial charge in [0, 0.05) is 42.9 Å². The van der Waals surface area contributed by atoms with E-state index in [0.717, 1.165) is 16.7 Å². The molecule has 8 nitrogen and oxygen atoms in total. The second-order valence-corrected chi connectivity index (χ2v) is 7.58. The van der Waals surface area contributed by atoms with Gasteiger partial charge >= 0.3 is 0 Å². The van der Waals surface area contributed by atoms with Crippen LogP contribution in [0.15, 0.2) is 40.9 Å². The normalized spacial score (nSPS) is 14.4. The highest BCUT2D eigenvalue weighted by Gasteiger charge is 2.21. The highest BCUT2D eigenvalue weighted by Crippen LogP contribution is 2.33. The number of ether oxygens (including phenoxy) is 2. The first-order valence-corrected chi connectivity index (χ1v) is 10.5. The van der Waals surface area contributed by atoms with Crippen LogP contribution in [-0.2, 0) is 0 Å². The molecule has 1 fully saturated rings. The number of piperazine rings is 1. The molecular formula is C23H25BN4O4. The van der Waals surface area contributed by atoms with E-state index in [0.29, 0.717) is 61.6 Å². The molecule has 164 valence electrons. The van der Waals surface area contributed by atoms with E-state index in [1.807, 2.05) is 43.0 Å². The smallest absolute Gasteiger partial charge is 0.258 e. The van der Waals surface area contributed by atoms with Gasteiger partial charge in [0.2, 0.25) is 5.82 Å². The molecule has 0 aliphatic carbocycles. The first-order valence-electron chi connectivity index (χ1n) is 10.5. The van der Waals surface area contributed by atoms with Crippen LogP contribution in [0.3, 0.4) is 0 Å². The summed E-state index contributed by atoms with van der Waals surface area (Å²) in [5.74, 6) is 2.09. The molecule has 0 N–H and O–H groups in total. The fourth-order valence-electron chi connectivity index (χ4n) is 3.68. The number of rotatable bonds is 6. The molecule has 2 heterocycles. The SMILES string of the molecule is [B]N1CCN(C(=O)c2ccc(-c3noc(-c4ccc(OCC)c(OC)c4)n3)c(C)c2)CC1. The Bertz CT molecular complexity index is 1110. The molecule has 1 aliphatic rings. The number of aryl methyl sites for hydroxylation is 1. The lowest BCUT2D eigenvalue weighted by molar-refractivity contribution is 0.0699. The van der Waals surface area contributed by atoms with Crippen molar-refractivity contribution in [2.45, 2.75) is 13.8 Å². The van der Waals surface area contributed by atoms with Crippen LogP contribution in [0.4, 0.5) is 0 Å². The summed E-state index contributed by atoms with van der Waals surface area (Å²) in [6, 6.07) is 11.0. The summed E-state index contributed by atoms with van der Waals surface area (Å²) in [6.07, 6.45) is 0. The average Bonchev–Trinajstić information content (AvgIpc) is 3.29. The van der Waals surface area contributed by atoms with Crippen LogP contribution >= 0.6 is 0 Å². The van der Waals surface area contributed by atoms with Crippen molar-refractivity contribution in [1.29, 1.82) is 0 Å². The number of hydrogen-bond acceptors (Lipinski definition) is 7. The van der Waals surface area contributed by atoms with E-state index in [1.165, 1.54) is 0 Å². The highest BCUT2D eigenvalue weighted by atomic mass is 16.5. The average molecular weight is 432 g/mol. The Balaban J connectivity index is 1.55. The summed E-state index contributed by atoms with van der Waals surface area (Å²) in [5, 5.41) is 4.14. The minimum absolute atomic E-state index is 0.00281. The van der Waals surface area contributed by atoms with Gasteiger partial charge in [-0.15, -0.1) is 0 Å². The van der Waals surface area contributed by atoms with Gasteiger partial charge in [-0.25, -0.2) is 0 Å². The molecule has 1 amide bonds. The zero-order chi connectivity index (χ0) is 22.7. The van der Waals surface area contributed by atoms with Gasteiger partial charge in [0.25, 0.3) is 11.8 Å². The molecule has 3 aromatic rings. The second-order valence-electron chi connectivity index (χ2n) is 7.58. The monoisotopic (exact) mass is 432 g/mol. The predicted molar refractivity (Wildman–Crippen MR) is 121 cm³/mol. The van der Waals surface area contributed by atoms with E-state index in [1.54, 1.807) is 24.1 Å². The number of aromatic nitrogens is 2. The van der Waals surface area contributed by atoms with Gasteiger partial charge in [0.1, 0.15) is 0 Å². The van der Waals surface area contributed by atoms with Gasteiger partial charge in [0.15, 0.2) is 19.5 Å². The quantitative estimate of drug-likeness (QED) is 0.554. The lowest BCUT2D eigenvalue weighted by atomic mass is 10.0. The number of nitrogens with zero attached hydrogens (tertiary/aromatic N) is 4. The predicted octanol–water partition coefficient (Wildman–Crippen LogP) is 2.96. The van der Waals surface area contributed by atoms with Crippen LogP contribution in [0.2, 0.25) is 0 Å². The van der Waals surface area contributed by atoms with E-state index in [2.05, 4.69) is 10.1 Å². The maximum Gasteiger partial charge on any atom is 0.258 e. The summed E-state index contributed by atoms with van der Waals surface area (Å²) in [7, 11) is 7.37. The Morgan fingerprint density at radius 2 is 1.91 bits per heavy atom. The number of carbonyl (C=O) groups is 1. The van der Waals surface area contributed by atoms with Crippen LogP contribution in [0.1, 0.15) is 22.8 Å². The number of carbonyl (C=O) groups excluding carboxylic acids is 1. The molecule has 1 aliphatic heterocycles. The molecule has 0 atom stereocenters. The summed E-state index contributed by atoms with van der Waals surface area (Å²) in [5.41, 5.74) is 3.07. The lowest BCUT2D eigenvalue weighted by Gasteiger charge is -2.33. The van der Waals surface area contributed by atoms with Crippen LogP contribution in [-0.4, -0.2) is 73.6 Å². The molecule has 0 unspecified atom stereocenters. The van der Waals surface area contributed by atoms with Gasteiger partial charge in [-0.2, -0.15) is 4.98 Å². The third-order valence-corrected chi connectivity index (χ3v) is 5.45. The van der Waals surface area contributed by atoms with E-state index in [-0.39, 0.29) is 5.91 Å². The molecule has 4 rings (SSSR count). The van der Waals surface area contributed by atoms with Crippen molar-refractivity contribution in [1.82, 2.24) is 19.9 Å². The molecule has 32 heavy (non-hydrogen) atoms. The molecule has 2 radical (unpaired) electrons. The Morgan fingerprint density at radius 1 is 1.12 bits per heavy atom. The Labute approximate surface area is 188 Å². The second kappa shape index (κ2) is 9.44. The zero-order valence-electron chi connectivity index (χ0n) is 18.5. The molecular weight excluding hydrogens is 407 g/mol. The van der Waals surface area contributed by atoms with E-state index in [4.69, 9.17) is 22.0 Å². The van der Waals surface area contributed by atoms with Crippen molar-refractivity contribution in [3.8, 4) is 34.3 Å². The first-order chi connectivity index (χ1) is 15.5. The third kappa shape index (κ3) is 4.48. The Morgan fingerprint density at radius 3 is 2.59 bits per heavy atom. The van der Waals surface area contributed by atoms with Gasteiger partial charge in [-0.3, -0.25) is 4.79 Å². The van der Waals surface area contributed by atoms with Gasteiger partial charge < -0.3 is 23.7 Å². The first kappa shape index (κ1) is 21.9. The van der Waals surface area contributed by atoms with Crippen molar-refractivity contribution in [2.24, 2.45) is 0 Å². The minimum atomic E-state index is 0.00281. The van der Waals surface area contributed by atoms with E-state index >= 15 is 0 Å². The fourth-order valence-corrected chi connectivity index (χ4v) is 3.68. The number of methoxy groups -OCH3 is 1. The minimum Gasteiger partial charge on any atom is -0.493 e. The molecule has 0 bridgehead atoms. The van der Waals surface area contributed by atoms with Crippen molar-refractivity contribution in [3.05, 3.63) is 47.5 Å². The molecule has 2 aromatic carbocycles. The maximum atomic E-state index is 12.8. The van der Waals surface area contributed by atoms with E-state index < -0.39 is 0 Å². The lowest BCUT2D eigenvalue weighted by Crippen LogP contribution is -2.47. The Kier molecular flexibility index (Phi) is 6.46. The summed E-state index contributed by atoms with van der Waals surface area (Å²) >= 11 is 0. The van der Waals surface area contributed by atoms with Crippen molar-refractivity contribution in [2.75, 3.05) is 39.9 Å². The summed E-state index contributed by atoms with van der Waals surface area (Å²) in [6.45, 7) is 6.97. The van der Waals surface area contributed by atoms with Crippen LogP contribution < -0.4 is 9.47 Å². The molecule has 0 saturated carbocycles. The topological polar surface area (TPSA) is 80.9 Å². The van der Waals surface area contributed by atoms with E-state index in [9.17, 15) is 4.79 Å². The zero-order valence-corrected chi connectivity index (χ0v) is 18.5. The van der Waals surface area contributed by atoms with Crippen LogP contribution in [0.25, 0.3) is 22.8 Å². The molecule has 9 heteroatoms. The Hall–Kier alpha value is -3.33. The highest BCUT2D eigenvalue weighted by molar-refractivity contribution is 6.04. The van der Waals surface area contributed by atoms with Crippen LogP contribution in [0.5, 0.6) is 11.5 Å². The number of amides is 1. The van der Waals surface area contributed by atoms with Gasteiger partial charge in [-0.05, 0) is 49.7 Å². The van der Waals surface area contributed by atoms with Crippen molar-refractivity contribution in [3.63, 3.8) is 0 Å². The number of hydrogen-bond donors (Lipinski definition) is 0. The van der Waals surface area contributed by atoms with Crippen LogP contribution in [0, 0.1) is 6.92 Å². The molecule has 1 saturated heterocycles. The molecule has 0 spiro atoms. The maximum absolute atomic E-state index is 12.8. The summed E-state index contributed by atoms with van der Waals surface area (Å²) < 4.78 is 16.5. The fraction of sp³-hybridized carbons (Fsp3) is 0.348. The van der Waals surface area contributed by atoms with Gasteiger partial charge in [0.05, 0.1) is 13.7 Å². The van der Waals surface area contributed by atoms with Crippen molar-refractivity contribution < 1.29 is 18.8 Å². The van der Waals surface area contributed by atoms with Crippen molar-refractivity contribution >= 4 is 13.9 Å². The summed E-state index contributed by atoms with van der Waals surface area (Å²) in [4.78, 5) is 20.9. The number of benzene rings is 2. The largest absolute Gasteiger partial charge is 0.493 e. The molecule has 1 aromatic heterocycles. The third-order valence-electron chi connectivity index (χ3n) is 5.45.